The highest BCUT2D eigenvalue weighted by Crippen LogP contribution is 2.37. The number of nitrogens with zero attached hydrogens (tertiary/aromatic N) is 4. The van der Waals surface area contributed by atoms with Crippen LogP contribution in [0.25, 0.3) is 5.57 Å². The number of aryl methyl sites for hydroxylation is 1. The number of aromatic nitrogens is 2. The number of rotatable bonds is 9. The normalized spacial score (nSPS) is 22.7. The van der Waals surface area contributed by atoms with E-state index in [-0.39, 0.29) is 11.8 Å². The van der Waals surface area contributed by atoms with Crippen LogP contribution in [0.3, 0.4) is 0 Å². The molecule has 1 amide bonds. The molecule has 5 rings (SSSR count). The van der Waals surface area contributed by atoms with Gasteiger partial charge in [0.05, 0.1) is 18.8 Å². The number of nitrogens with two attached hydrogens (primary N) is 1. The molecule has 0 aromatic carbocycles. The molecule has 7 heteroatoms. The van der Waals surface area contributed by atoms with Gasteiger partial charge in [-0.05, 0) is 94.0 Å². The Balaban J connectivity index is 1.32. The maximum Gasteiger partial charge on any atom is 0.231 e. The number of hydrogen-bond donors (Lipinski definition) is 1. The van der Waals surface area contributed by atoms with Crippen LogP contribution in [-0.2, 0) is 4.79 Å². The van der Waals surface area contributed by atoms with Crippen LogP contribution < -0.4 is 15.4 Å². The predicted octanol–water partition coefficient (Wildman–Crippen LogP) is 6.21. The third-order valence-corrected chi connectivity index (χ3v) is 8.71. The van der Waals surface area contributed by atoms with E-state index in [9.17, 15) is 4.79 Å². The number of ether oxygens (including phenoxy) is 1. The molecule has 2 aromatic heterocycles. The lowest BCUT2D eigenvalue weighted by atomic mass is 9.79. The van der Waals surface area contributed by atoms with Gasteiger partial charge in [-0.2, -0.15) is 0 Å². The number of carbonyl (C=O) groups excluding carboxylic acids is 1. The van der Waals surface area contributed by atoms with E-state index in [4.69, 9.17) is 20.4 Å². The standard InChI is InChI=1S/C32H43N5O2/c1-22-30(39-2)15-14-29(36-22)24-10-8-23(9-11-24)21-37(32(38)25-6-4-3-5-7-25)31-18-26(16-17-34-31)27(19-33)20-35-28-12-13-28/h14-20,23-25,28H,3-13,21,33H2,1-2H3. The Hall–Kier alpha value is -3.22. The molecule has 3 aliphatic rings. The molecule has 7 nitrogen and oxygen atoms in total. The van der Waals surface area contributed by atoms with E-state index >= 15 is 0 Å². The first kappa shape index (κ1) is 27.4. The topological polar surface area (TPSA) is 93.7 Å². The summed E-state index contributed by atoms with van der Waals surface area (Å²) >= 11 is 0. The highest BCUT2D eigenvalue weighted by Gasteiger charge is 2.32. The molecule has 39 heavy (non-hydrogen) atoms. The lowest BCUT2D eigenvalue weighted by Gasteiger charge is -2.34. The van der Waals surface area contributed by atoms with Gasteiger partial charge in [0.1, 0.15) is 11.6 Å². The maximum atomic E-state index is 13.9. The van der Waals surface area contributed by atoms with Gasteiger partial charge in [0.2, 0.25) is 5.91 Å². The summed E-state index contributed by atoms with van der Waals surface area (Å²) in [4.78, 5) is 30.1. The number of methoxy groups -OCH3 is 1. The van der Waals surface area contributed by atoms with Crippen molar-refractivity contribution < 1.29 is 9.53 Å². The SMILES string of the molecule is COc1ccc(C2CCC(CN(C(=O)C3CCCCC3)c3cc(C(C=NC4CC4)=CN)ccn3)CC2)nc1C. The van der Waals surface area contributed by atoms with Gasteiger partial charge in [-0.3, -0.25) is 19.7 Å². The average molecular weight is 530 g/mol. The van der Waals surface area contributed by atoms with E-state index < -0.39 is 0 Å². The second kappa shape index (κ2) is 12.8. The Labute approximate surface area is 233 Å². The average Bonchev–Trinajstić information content (AvgIpc) is 3.81. The molecule has 2 heterocycles. The first-order valence-electron chi connectivity index (χ1n) is 14.8. The summed E-state index contributed by atoms with van der Waals surface area (Å²) in [7, 11) is 1.69. The molecular formula is C32H43N5O2. The van der Waals surface area contributed by atoms with Crippen molar-refractivity contribution in [3.8, 4) is 5.75 Å². The molecule has 0 saturated heterocycles. The summed E-state index contributed by atoms with van der Waals surface area (Å²) in [6.45, 7) is 2.72. The molecule has 0 radical (unpaired) electrons. The number of aliphatic imine (C=N–C) groups is 1. The minimum atomic E-state index is 0.0907. The predicted molar refractivity (Wildman–Crippen MR) is 157 cm³/mol. The van der Waals surface area contributed by atoms with Crippen LogP contribution in [0.1, 0.15) is 93.5 Å². The fourth-order valence-corrected chi connectivity index (χ4v) is 6.14. The zero-order valence-electron chi connectivity index (χ0n) is 23.5. The molecular weight excluding hydrogens is 486 g/mol. The third kappa shape index (κ3) is 6.87. The molecule has 2 N–H and O–H groups in total. The molecule has 3 saturated carbocycles. The van der Waals surface area contributed by atoms with Crippen molar-refractivity contribution in [3.63, 3.8) is 0 Å². The lowest BCUT2D eigenvalue weighted by molar-refractivity contribution is -0.123. The van der Waals surface area contributed by atoms with Crippen LogP contribution >= 0.6 is 0 Å². The van der Waals surface area contributed by atoms with Crippen LogP contribution in [0, 0.1) is 18.8 Å². The van der Waals surface area contributed by atoms with E-state index in [2.05, 4.69) is 11.1 Å². The van der Waals surface area contributed by atoms with E-state index in [1.165, 1.54) is 6.42 Å². The Morgan fingerprint density at radius 3 is 2.51 bits per heavy atom. The van der Waals surface area contributed by atoms with Gasteiger partial charge in [-0.25, -0.2) is 4.98 Å². The molecule has 0 aliphatic heterocycles. The summed E-state index contributed by atoms with van der Waals surface area (Å²) in [5.41, 5.74) is 9.92. The summed E-state index contributed by atoms with van der Waals surface area (Å²) in [5.74, 6) is 2.80. The molecule has 0 spiro atoms. The van der Waals surface area contributed by atoms with Crippen LogP contribution in [0.2, 0.25) is 0 Å². The molecule has 3 aliphatic carbocycles. The molecule has 0 unspecified atom stereocenters. The van der Waals surface area contributed by atoms with Gasteiger partial charge in [0.25, 0.3) is 0 Å². The van der Waals surface area contributed by atoms with Crippen molar-refractivity contribution in [2.45, 2.75) is 89.5 Å². The first-order valence-corrected chi connectivity index (χ1v) is 14.8. The van der Waals surface area contributed by atoms with Crippen molar-refractivity contribution in [1.82, 2.24) is 9.97 Å². The zero-order chi connectivity index (χ0) is 27.2. The van der Waals surface area contributed by atoms with Crippen molar-refractivity contribution in [2.75, 3.05) is 18.6 Å². The number of amides is 1. The highest BCUT2D eigenvalue weighted by atomic mass is 16.5. The van der Waals surface area contributed by atoms with Crippen molar-refractivity contribution in [1.29, 1.82) is 0 Å². The van der Waals surface area contributed by atoms with E-state index in [0.29, 0.717) is 24.4 Å². The van der Waals surface area contributed by atoms with Crippen LogP contribution in [0.15, 0.2) is 41.7 Å². The molecule has 2 aromatic rings. The molecule has 208 valence electrons. The molecule has 3 fully saturated rings. The fourth-order valence-electron chi connectivity index (χ4n) is 6.14. The van der Waals surface area contributed by atoms with Crippen molar-refractivity contribution >= 4 is 23.5 Å². The van der Waals surface area contributed by atoms with Crippen LogP contribution in [0.5, 0.6) is 5.75 Å². The van der Waals surface area contributed by atoms with Crippen molar-refractivity contribution in [2.24, 2.45) is 22.6 Å². The number of hydrogen-bond acceptors (Lipinski definition) is 6. The van der Waals surface area contributed by atoms with Crippen molar-refractivity contribution in [3.05, 3.63) is 53.6 Å². The van der Waals surface area contributed by atoms with Gasteiger partial charge in [0, 0.05) is 48.3 Å². The number of anilines is 1. The van der Waals surface area contributed by atoms with Gasteiger partial charge in [-0.15, -0.1) is 0 Å². The van der Waals surface area contributed by atoms with Gasteiger partial charge in [0.15, 0.2) is 0 Å². The molecule has 0 atom stereocenters. The van der Waals surface area contributed by atoms with Crippen LogP contribution in [-0.4, -0.2) is 41.8 Å². The van der Waals surface area contributed by atoms with Gasteiger partial charge < -0.3 is 10.5 Å². The second-order valence-corrected chi connectivity index (χ2v) is 11.6. The minimum absolute atomic E-state index is 0.0907. The summed E-state index contributed by atoms with van der Waals surface area (Å²) < 4.78 is 5.40. The van der Waals surface area contributed by atoms with Gasteiger partial charge >= 0.3 is 0 Å². The Kier molecular flexibility index (Phi) is 8.95. The summed E-state index contributed by atoms with van der Waals surface area (Å²) in [5, 5.41) is 0. The lowest BCUT2D eigenvalue weighted by Crippen LogP contribution is -2.41. The Morgan fingerprint density at radius 2 is 1.85 bits per heavy atom. The summed E-state index contributed by atoms with van der Waals surface area (Å²) in [6.07, 6.45) is 17.4. The first-order chi connectivity index (χ1) is 19.1. The monoisotopic (exact) mass is 529 g/mol. The van der Waals surface area contributed by atoms with E-state index in [1.54, 1.807) is 19.5 Å². The van der Waals surface area contributed by atoms with Crippen LogP contribution in [0.4, 0.5) is 5.82 Å². The molecule has 0 bridgehead atoms. The van der Waals surface area contributed by atoms with Gasteiger partial charge in [-0.1, -0.05) is 19.3 Å². The second-order valence-electron chi connectivity index (χ2n) is 11.6. The number of pyridine rings is 2. The fraction of sp³-hybridized carbons (Fsp3) is 0.562. The number of carbonyl (C=O) groups is 1. The zero-order valence-corrected chi connectivity index (χ0v) is 23.5. The van der Waals surface area contributed by atoms with E-state index in [1.807, 2.05) is 36.2 Å². The highest BCUT2D eigenvalue weighted by molar-refractivity contribution is 6.10. The maximum absolute atomic E-state index is 13.9. The minimum Gasteiger partial charge on any atom is -0.495 e. The largest absolute Gasteiger partial charge is 0.495 e. The Morgan fingerprint density at radius 1 is 1.08 bits per heavy atom. The Bertz CT molecular complexity index is 1190. The third-order valence-electron chi connectivity index (χ3n) is 8.71. The smallest absolute Gasteiger partial charge is 0.231 e. The quantitative estimate of drug-likeness (QED) is 0.390. The van der Waals surface area contributed by atoms with E-state index in [0.717, 1.165) is 98.3 Å². The number of allylic oxidation sites excluding steroid dienone is 1. The summed E-state index contributed by atoms with van der Waals surface area (Å²) in [6, 6.07) is 8.55.